The zero-order valence-electron chi connectivity index (χ0n) is 14.5. The number of hydrogen-bond acceptors (Lipinski definition) is 4. The lowest BCUT2D eigenvalue weighted by molar-refractivity contribution is -0.143. The number of nitrogens with one attached hydrogen (secondary N) is 1. The van der Waals surface area contributed by atoms with Crippen molar-refractivity contribution in [2.45, 2.75) is 12.4 Å². The highest BCUT2D eigenvalue weighted by molar-refractivity contribution is 5.94. The number of benzene rings is 2. The van der Waals surface area contributed by atoms with Gasteiger partial charge in [-0.3, -0.25) is 4.79 Å². The Balaban J connectivity index is 1.62. The Morgan fingerprint density at radius 2 is 1.55 bits per heavy atom. The normalized spacial score (nSPS) is 13.3. The molecule has 0 saturated carbocycles. The van der Waals surface area contributed by atoms with Crippen molar-refractivity contribution in [2.24, 2.45) is 0 Å². The molecule has 0 unspecified atom stereocenters. The molecular weight excluding hydrogens is 408 g/mol. The molecular formula is C18H13F6NO4. The van der Waals surface area contributed by atoms with E-state index in [4.69, 9.17) is 14.2 Å². The predicted molar refractivity (Wildman–Crippen MR) is 86.8 cm³/mol. The van der Waals surface area contributed by atoms with Gasteiger partial charge in [-0.2, -0.15) is 26.3 Å². The summed E-state index contributed by atoms with van der Waals surface area (Å²) < 4.78 is 92.8. The lowest BCUT2D eigenvalue weighted by atomic mass is 10.0. The summed E-state index contributed by atoms with van der Waals surface area (Å²) in [5, 5.41) is 2.22. The molecule has 0 saturated heterocycles. The molecule has 1 aliphatic heterocycles. The number of hydrogen-bond donors (Lipinski definition) is 1. The predicted octanol–water partition coefficient (Wildman–Crippen LogP) is 4.26. The first-order chi connectivity index (χ1) is 13.5. The molecule has 1 heterocycles. The Labute approximate surface area is 160 Å². The molecule has 0 aromatic heterocycles. The lowest BCUT2D eigenvalue weighted by Crippen LogP contribution is -2.28. The molecule has 0 bridgehead atoms. The number of amides is 1. The zero-order chi connectivity index (χ0) is 21.2. The first-order valence-corrected chi connectivity index (χ1v) is 8.14. The highest BCUT2D eigenvalue weighted by Crippen LogP contribution is 2.36. The van der Waals surface area contributed by atoms with E-state index in [1.165, 1.54) is 0 Å². The number of fused-ring (bicyclic) bond motifs is 1. The van der Waals surface area contributed by atoms with Crippen LogP contribution in [0.25, 0.3) is 0 Å². The van der Waals surface area contributed by atoms with Crippen LogP contribution in [0.3, 0.4) is 0 Å². The molecule has 1 aliphatic rings. The summed E-state index contributed by atoms with van der Waals surface area (Å²) >= 11 is 0. The molecule has 2 aromatic carbocycles. The van der Waals surface area contributed by atoms with E-state index in [2.05, 4.69) is 5.32 Å². The smallest absolute Gasteiger partial charge is 0.416 e. The van der Waals surface area contributed by atoms with Gasteiger partial charge in [-0.25, -0.2) is 0 Å². The van der Waals surface area contributed by atoms with Crippen LogP contribution in [0.2, 0.25) is 0 Å². The topological polar surface area (TPSA) is 56.8 Å². The third-order valence-corrected chi connectivity index (χ3v) is 3.85. The minimum Gasteiger partial charge on any atom is -0.492 e. The fourth-order valence-electron chi connectivity index (χ4n) is 2.49. The van der Waals surface area contributed by atoms with Gasteiger partial charge in [0.1, 0.15) is 12.4 Å². The van der Waals surface area contributed by atoms with Gasteiger partial charge < -0.3 is 19.5 Å². The summed E-state index contributed by atoms with van der Waals surface area (Å²) in [4.78, 5) is 12.0. The summed E-state index contributed by atoms with van der Waals surface area (Å²) in [7, 11) is 0. The summed E-state index contributed by atoms with van der Waals surface area (Å²) in [5.74, 6) is 0.309. The van der Waals surface area contributed by atoms with E-state index in [1.54, 1.807) is 18.2 Å². The van der Waals surface area contributed by atoms with Crippen LogP contribution >= 0.6 is 0 Å². The summed E-state index contributed by atoms with van der Waals surface area (Å²) in [6.45, 7) is -0.146. The van der Waals surface area contributed by atoms with Crippen molar-refractivity contribution in [3.63, 3.8) is 0 Å². The van der Waals surface area contributed by atoms with Crippen LogP contribution in [-0.2, 0) is 12.4 Å². The van der Waals surface area contributed by atoms with Crippen molar-refractivity contribution >= 4 is 5.91 Å². The molecule has 29 heavy (non-hydrogen) atoms. The monoisotopic (exact) mass is 421 g/mol. The van der Waals surface area contributed by atoms with Crippen molar-refractivity contribution in [1.82, 2.24) is 5.32 Å². The number of ether oxygens (including phenoxy) is 3. The molecule has 0 fully saturated rings. The van der Waals surface area contributed by atoms with E-state index in [0.29, 0.717) is 29.4 Å². The quantitative estimate of drug-likeness (QED) is 0.579. The Bertz CT molecular complexity index is 878. The van der Waals surface area contributed by atoms with Gasteiger partial charge in [-0.1, -0.05) is 0 Å². The van der Waals surface area contributed by atoms with Gasteiger partial charge in [0, 0.05) is 11.6 Å². The second kappa shape index (κ2) is 7.72. The van der Waals surface area contributed by atoms with Gasteiger partial charge in [-0.15, -0.1) is 0 Å². The second-order valence-corrected chi connectivity index (χ2v) is 5.91. The molecule has 11 heteroatoms. The van der Waals surface area contributed by atoms with Gasteiger partial charge in [0.25, 0.3) is 5.91 Å². The van der Waals surface area contributed by atoms with Gasteiger partial charge in [-0.05, 0) is 30.3 Å². The lowest BCUT2D eigenvalue weighted by Gasteiger charge is -2.14. The van der Waals surface area contributed by atoms with Crippen LogP contribution in [0.5, 0.6) is 17.2 Å². The largest absolute Gasteiger partial charge is 0.492 e. The van der Waals surface area contributed by atoms with Crippen LogP contribution in [0.15, 0.2) is 36.4 Å². The van der Waals surface area contributed by atoms with Crippen LogP contribution in [0.1, 0.15) is 21.5 Å². The molecule has 2 aromatic rings. The molecule has 156 valence electrons. The SMILES string of the molecule is O=C(NCCOc1ccc2c(c1)OCO2)c1cc(C(F)(F)F)cc(C(F)(F)F)c1. The van der Waals surface area contributed by atoms with Crippen LogP contribution in [0, 0.1) is 0 Å². The summed E-state index contributed by atoms with van der Waals surface area (Å²) in [6, 6.07) is 5.42. The third kappa shape index (κ3) is 5.04. The number of carbonyl (C=O) groups excluding carboxylic acids is 1. The average Bonchev–Trinajstić information content (AvgIpc) is 3.11. The molecule has 0 radical (unpaired) electrons. The van der Waals surface area contributed by atoms with Crippen LogP contribution < -0.4 is 19.5 Å². The number of halogens is 6. The van der Waals surface area contributed by atoms with Gasteiger partial charge in [0.05, 0.1) is 17.7 Å². The van der Waals surface area contributed by atoms with Crippen LogP contribution in [-0.4, -0.2) is 25.9 Å². The third-order valence-electron chi connectivity index (χ3n) is 3.85. The first-order valence-electron chi connectivity index (χ1n) is 8.14. The Morgan fingerprint density at radius 1 is 0.931 bits per heavy atom. The van der Waals surface area contributed by atoms with Crippen molar-refractivity contribution in [2.75, 3.05) is 19.9 Å². The zero-order valence-corrected chi connectivity index (χ0v) is 14.5. The maximum absolute atomic E-state index is 12.9. The maximum atomic E-state index is 12.9. The number of carbonyl (C=O) groups is 1. The standard InChI is InChI=1S/C18H13F6NO4/c19-17(20,21)11-5-10(6-12(7-11)18(22,23)24)16(26)25-3-4-27-13-1-2-14-15(8-13)29-9-28-14/h1-2,5-8H,3-4,9H2,(H,25,26). The van der Waals surface area contributed by atoms with E-state index < -0.39 is 35.0 Å². The van der Waals surface area contributed by atoms with Crippen LogP contribution in [0.4, 0.5) is 26.3 Å². The van der Waals surface area contributed by atoms with E-state index in [0.717, 1.165) is 0 Å². The average molecular weight is 421 g/mol. The van der Waals surface area contributed by atoms with Crippen molar-refractivity contribution in [3.05, 3.63) is 53.1 Å². The van der Waals surface area contributed by atoms with E-state index in [1.807, 2.05) is 0 Å². The molecule has 0 aliphatic carbocycles. The van der Waals surface area contributed by atoms with Gasteiger partial charge in [0.2, 0.25) is 6.79 Å². The Hall–Kier alpha value is -3.11. The van der Waals surface area contributed by atoms with Gasteiger partial charge in [0.15, 0.2) is 11.5 Å². The van der Waals surface area contributed by atoms with Crippen molar-refractivity contribution in [3.8, 4) is 17.2 Å². The number of rotatable bonds is 5. The molecule has 5 nitrogen and oxygen atoms in total. The summed E-state index contributed by atoms with van der Waals surface area (Å²) in [6.07, 6.45) is -10.1. The van der Waals surface area contributed by atoms with E-state index in [-0.39, 0.29) is 26.0 Å². The molecule has 1 amide bonds. The first kappa shape index (κ1) is 20.6. The molecule has 0 spiro atoms. The fourth-order valence-corrected chi connectivity index (χ4v) is 2.49. The maximum Gasteiger partial charge on any atom is 0.416 e. The Morgan fingerprint density at radius 3 is 2.17 bits per heavy atom. The minimum absolute atomic E-state index is 0.0421. The second-order valence-electron chi connectivity index (χ2n) is 5.91. The minimum atomic E-state index is -5.03. The van der Waals surface area contributed by atoms with Crippen molar-refractivity contribution in [1.29, 1.82) is 0 Å². The molecule has 0 atom stereocenters. The van der Waals surface area contributed by atoms with E-state index >= 15 is 0 Å². The van der Waals surface area contributed by atoms with Crippen molar-refractivity contribution < 1.29 is 45.3 Å². The fraction of sp³-hybridized carbons (Fsp3) is 0.278. The number of alkyl halides is 6. The Kier molecular flexibility index (Phi) is 5.49. The van der Waals surface area contributed by atoms with E-state index in [9.17, 15) is 31.1 Å². The highest BCUT2D eigenvalue weighted by Gasteiger charge is 2.37. The van der Waals surface area contributed by atoms with Gasteiger partial charge >= 0.3 is 12.4 Å². The molecule has 3 rings (SSSR count). The summed E-state index contributed by atoms with van der Waals surface area (Å²) in [5.41, 5.74) is -3.88. The highest BCUT2D eigenvalue weighted by atomic mass is 19.4. The molecule has 1 N–H and O–H groups in total.